The minimum atomic E-state index is -0.789. The average molecular weight is 229 g/mol. The fourth-order valence-corrected chi connectivity index (χ4v) is 2.55. The predicted molar refractivity (Wildman–Crippen MR) is 62.5 cm³/mol. The van der Waals surface area contributed by atoms with Crippen molar-refractivity contribution in [3.63, 3.8) is 0 Å². The van der Waals surface area contributed by atoms with Gasteiger partial charge in [-0.2, -0.15) is 0 Å². The summed E-state index contributed by atoms with van der Waals surface area (Å²) in [6, 6.07) is -0.125. The van der Waals surface area contributed by atoms with Crippen LogP contribution in [0.3, 0.4) is 0 Å². The number of aliphatic carboxylic acids is 1. The molecule has 1 fully saturated rings. The number of hydrogen-bond acceptors (Lipinski definition) is 3. The number of ether oxygens (including phenoxy) is 1. The quantitative estimate of drug-likeness (QED) is 0.778. The molecule has 0 amide bonds. The van der Waals surface area contributed by atoms with Gasteiger partial charge in [0.2, 0.25) is 0 Å². The third-order valence-corrected chi connectivity index (χ3v) is 3.59. The molecule has 4 nitrogen and oxygen atoms in total. The number of likely N-dealkylation sites (N-methyl/N-ethyl adjacent to an activating group) is 1. The Morgan fingerprint density at radius 1 is 1.56 bits per heavy atom. The van der Waals surface area contributed by atoms with Gasteiger partial charge in [-0.05, 0) is 25.8 Å². The van der Waals surface area contributed by atoms with Crippen molar-refractivity contribution in [2.75, 3.05) is 20.8 Å². The van der Waals surface area contributed by atoms with Gasteiger partial charge in [-0.15, -0.1) is 0 Å². The van der Waals surface area contributed by atoms with Gasteiger partial charge in [0.25, 0.3) is 0 Å². The smallest absolute Gasteiger partial charge is 0.323 e. The standard InChI is InChI=1S/C12H23NO3/c1-9-5-4-6-10(7-9)13(2)11(8-16-3)12(14)15/h9-11H,4-8H2,1-3H3,(H,14,15). The minimum absolute atomic E-state index is 0.261. The number of carboxylic acid groups (broad SMARTS) is 1. The summed E-state index contributed by atoms with van der Waals surface area (Å²) in [6.45, 7) is 2.50. The molecule has 16 heavy (non-hydrogen) atoms. The maximum absolute atomic E-state index is 11.1. The summed E-state index contributed by atoms with van der Waals surface area (Å²) < 4.78 is 4.98. The first-order valence-electron chi connectivity index (χ1n) is 6.00. The van der Waals surface area contributed by atoms with Crippen molar-refractivity contribution in [1.29, 1.82) is 0 Å². The number of carboxylic acids is 1. The Labute approximate surface area is 97.6 Å². The maximum atomic E-state index is 11.1. The van der Waals surface area contributed by atoms with Crippen LogP contribution in [0.1, 0.15) is 32.6 Å². The molecule has 0 aromatic carbocycles. The van der Waals surface area contributed by atoms with Crippen LogP contribution >= 0.6 is 0 Å². The average Bonchev–Trinajstić information content (AvgIpc) is 2.24. The van der Waals surface area contributed by atoms with E-state index in [0.717, 1.165) is 12.8 Å². The van der Waals surface area contributed by atoms with Crippen LogP contribution in [-0.2, 0) is 9.53 Å². The summed E-state index contributed by atoms with van der Waals surface area (Å²) in [7, 11) is 3.45. The molecule has 1 N–H and O–H groups in total. The van der Waals surface area contributed by atoms with Gasteiger partial charge in [0.05, 0.1) is 6.61 Å². The number of rotatable bonds is 5. The Hall–Kier alpha value is -0.610. The van der Waals surface area contributed by atoms with Crippen LogP contribution in [0.4, 0.5) is 0 Å². The van der Waals surface area contributed by atoms with E-state index in [-0.39, 0.29) is 6.61 Å². The number of methoxy groups -OCH3 is 1. The molecule has 0 heterocycles. The lowest BCUT2D eigenvalue weighted by Gasteiger charge is -2.37. The van der Waals surface area contributed by atoms with Gasteiger partial charge in [0.1, 0.15) is 6.04 Å². The van der Waals surface area contributed by atoms with Crippen molar-refractivity contribution in [3.05, 3.63) is 0 Å². The topological polar surface area (TPSA) is 49.8 Å². The second-order valence-corrected chi connectivity index (χ2v) is 4.90. The Bertz CT molecular complexity index is 232. The largest absolute Gasteiger partial charge is 0.480 e. The number of nitrogens with zero attached hydrogens (tertiary/aromatic N) is 1. The zero-order valence-corrected chi connectivity index (χ0v) is 10.5. The van der Waals surface area contributed by atoms with E-state index >= 15 is 0 Å². The zero-order valence-electron chi connectivity index (χ0n) is 10.5. The number of hydrogen-bond donors (Lipinski definition) is 1. The van der Waals surface area contributed by atoms with Gasteiger partial charge < -0.3 is 9.84 Å². The van der Waals surface area contributed by atoms with Gasteiger partial charge >= 0.3 is 5.97 Å². The molecule has 1 saturated carbocycles. The molecule has 3 unspecified atom stereocenters. The molecule has 94 valence electrons. The van der Waals surface area contributed by atoms with Crippen molar-refractivity contribution in [2.45, 2.75) is 44.7 Å². The molecule has 1 aliphatic rings. The van der Waals surface area contributed by atoms with E-state index in [1.165, 1.54) is 12.8 Å². The lowest BCUT2D eigenvalue weighted by atomic mass is 9.86. The molecular weight excluding hydrogens is 206 g/mol. The molecule has 0 bridgehead atoms. The molecule has 0 saturated heterocycles. The van der Waals surface area contributed by atoms with Crippen molar-refractivity contribution in [2.24, 2.45) is 5.92 Å². The SMILES string of the molecule is COCC(C(=O)O)N(C)C1CCCC(C)C1. The Morgan fingerprint density at radius 2 is 2.25 bits per heavy atom. The van der Waals surface area contributed by atoms with Gasteiger partial charge in [-0.1, -0.05) is 19.8 Å². The summed E-state index contributed by atoms with van der Waals surface area (Å²) in [5, 5.41) is 9.15. The van der Waals surface area contributed by atoms with Crippen LogP contribution in [0, 0.1) is 5.92 Å². The van der Waals surface area contributed by atoms with Gasteiger partial charge in [-0.25, -0.2) is 0 Å². The van der Waals surface area contributed by atoms with Gasteiger partial charge in [0.15, 0.2) is 0 Å². The van der Waals surface area contributed by atoms with Crippen LogP contribution in [-0.4, -0.2) is 48.8 Å². The highest BCUT2D eigenvalue weighted by atomic mass is 16.5. The van der Waals surface area contributed by atoms with E-state index in [4.69, 9.17) is 9.84 Å². The van der Waals surface area contributed by atoms with Crippen molar-refractivity contribution in [1.82, 2.24) is 4.90 Å². The molecule has 4 heteroatoms. The highest BCUT2D eigenvalue weighted by Gasteiger charge is 2.30. The number of carbonyl (C=O) groups is 1. The Morgan fingerprint density at radius 3 is 2.75 bits per heavy atom. The minimum Gasteiger partial charge on any atom is -0.480 e. The lowest BCUT2D eigenvalue weighted by Crippen LogP contribution is -2.48. The van der Waals surface area contributed by atoms with E-state index in [2.05, 4.69) is 6.92 Å². The summed E-state index contributed by atoms with van der Waals surface area (Å²) in [6.07, 6.45) is 4.68. The second-order valence-electron chi connectivity index (χ2n) is 4.90. The maximum Gasteiger partial charge on any atom is 0.323 e. The summed E-state index contributed by atoms with van der Waals surface area (Å²) in [4.78, 5) is 13.1. The third-order valence-electron chi connectivity index (χ3n) is 3.59. The van der Waals surface area contributed by atoms with Crippen LogP contribution in [0.25, 0.3) is 0 Å². The Kier molecular flexibility index (Phi) is 5.22. The van der Waals surface area contributed by atoms with Crippen molar-refractivity contribution < 1.29 is 14.6 Å². The highest BCUT2D eigenvalue weighted by molar-refractivity contribution is 5.73. The monoisotopic (exact) mass is 229 g/mol. The van der Waals surface area contributed by atoms with Crippen molar-refractivity contribution >= 4 is 5.97 Å². The first-order chi connectivity index (χ1) is 7.56. The van der Waals surface area contributed by atoms with Crippen LogP contribution < -0.4 is 0 Å². The van der Waals surface area contributed by atoms with Crippen LogP contribution in [0.2, 0.25) is 0 Å². The van der Waals surface area contributed by atoms with Gasteiger partial charge in [0, 0.05) is 13.2 Å². The molecular formula is C12H23NO3. The van der Waals surface area contributed by atoms with E-state index in [1.807, 2.05) is 11.9 Å². The highest BCUT2D eigenvalue weighted by Crippen LogP contribution is 2.27. The molecule has 0 spiro atoms. The summed E-state index contributed by atoms with van der Waals surface area (Å²) >= 11 is 0. The van der Waals surface area contributed by atoms with Crippen LogP contribution in [0.5, 0.6) is 0 Å². The molecule has 3 atom stereocenters. The first kappa shape index (κ1) is 13.5. The van der Waals surface area contributed by atoms with Crippen molar-refractivity contribution in [3.8, 4) is 0 Å². The van der Waals surface area contributed by atoms with E-state index in [1.54, 1.807) is 7.11 Å². The summed E-state index contributed by atoms with van der Waals surface area (Å²) in [5.74, 6) is -0.0826. The predicted octanol–water partition coefficient (Wildman–Crippen LogP) is 1.60. The van der Waals surface area contributed by atoms with E-state index in [9.17, 15) is 4.79 Å². The summed E-state index contributed by atoms with van der Waals surface area (Å²) in [5.41, 5.74) is 0. The lowest BCUT2D eigenvalue weighted by molar-refractivity contribution is -0.146. The first-order valence-corrected chi connectivity index (χ1v) is 6.00. The second kappa shape index (κ2) is 6.21. The van der Waals surface area contributed by atoms with E-state index in [0.29, 0.717) is 12.0 Å². The zero-order chi connectivity index (χ0) is 12.1. The Balaban J connectivity index is 2.58. The fourth-order valence-electron chi connectivity index (χ4n) is 2.55. The third kappa shape index (κ3) is 3.46. The molecule has 0 aromatic rings. The normalized spacial score (nSPS) is 28.0. The van der Waals surface area contributed by atoms with Crippen LogP contribution in [0.15, 0.2) is 0 Å². The molecule has 0 aromatic heterocycles. The molecule has 0 radical (unpaired) electrons. The fraction of sp³-hybridized carbons (Fsp3) is 0.917. The molecule has 1 rings (SSSR count). The molecule has 0 aliphatic heterocycles. The van der Waals surface area contributed by atoms with E-state index < -0.39 is 12.0 Å². The molecule has 1 aliphatic carbocycles. The van der Waals surface area contributed by atoms with Gasteiger partial charge in [-0.3, -0.25) is 9.69 Å².